The summed E-state index contributed by atoms with van der Waals surface area (Å²) in [4.78, 5) is 0. The lowest BCUT2D eigenvalue weighted by Crippen LogP contribution is -2.03. The van der Waals surface area contributed by atoms with Gasteiger partial charge >= 0.3 is 0 Å². The largest absolute Gasteiger partial charge is 0.119 e. The van der Waals surface area contributed by atoms with Crippen LogP contribution in [-0.2, 0) is 0 Å². The van der Waals surface area contributed by atoms with E-state index in [4.69, 9.17) is 0 Å². The predicted octanol–water partition coefficient (Wildman–Crippen LogP) is 2.73. The van der Waals surface area contributed by atoms with E-state index in [2.05, 4.69) is 27.7 Å². The fourth-order valence-electron chi connectivity index (χ4n) is 0.558. The molecule has 0 spiro atoms. The average molecular weight is 132 g/mol. The van der Waals surface area contributed by atoms with Crippen molar-refractivity contribution in [3.63, 3.8) is 0 Å². The van der Waals surface area contributed by atoms with Crippen molar-refractivity contribution in [2.24, 2.45) is 5.92 Å². The number of hydrogen-bond donors (Lipinski definition) is 0. The second kappa shape index (κ2) is 4.32. The van der Waals surface area contributed by atoms with Crippen LogP contribution < -0.4 is 0 Å². The summed E-state index contributed by atoms with van der Waals surface area (Å²) in [5.74, 6) is 0.883. The molecular weight excluding hydrogens is 115 g/mol. The van der Waals surface area contributed by atoms with Crippen molar-refractivity contribution in [3.8, 4) is 0 Å². The van der Waals surface area contributed by atoms with Crippen LogP contribution in [0.3, 0.4) is 0 Å². The second-order valence-electron chi connectivity index (χ2n) is 2.59. The molecule has 1 heteroatoms. The number of hydrogen-bond acceptors (Lipinski definition) is 0. The molecule has 0 heterocycles. The Kier molecular flexibility index (Phi) is 4.56. The Morgan fingerprint density at radius 1 is 1.25 bits per heavy atom. The summed E-state index contributed by atoms with van der Waals surface area (Å²) in [5.41, 5.74) is 0.944. The molecule has 0 amide bonds. The summed E-state index contributed by atoms with van der Waals surface area (Å²) >= 11 is 0. The fraction of sp³-hybridized carbons (Fsp3) is 1.00. The Morgan fingerprint density at radius 2 is 1.75 bits per heavy atom. The third kappa shape index (κ3) is 3.43. The number of rotatable bonds is 3. The van der Waals surface area contributed by atoms with Crippen LogP contribution in [0.15, 0.2) is 0 Å². The normalized spacial score (nSPS) is 16.1. The highest BCUT2D eigenvalue weighted by Gasteiger charge is 2.03. The van der Waals surface area contributed by atoms with Gasteiger partial charge in [0, 0.05) is 0 Å². The Balaban J connectivity index is 3.17. The monoisotopic (exact) mass is 132 g/mol. The molecule has 0 aromatic heterocycles. The smallest absolute Gasteiger partial charge is 0.0242 e. The topological polar surface area (TPSA) is 0 Å². The van der Waals surface area contributed by atoms with Crippen molar-refractivity contribution in [3.05, 3.63) is 0 Å². The van der Waals surface area contributed by atoms with Crippen LogP contribution >= 0.6 is 8.58 Å². The van der Waals surface area contributed by atoms with Crippen molar-refractivity contribution < 1.29 is 0 Å². The van der Waals surface area contributed by atoms with Gasteiger partial charge in [-0.15, -0.1) is 8.58 Å². The van der Waals surface area contributed by atoms with Crippen molar-refractivity contribution in [1.82, 2.24) is 0 Å². The van der Waals surface area contributed by atoms with Crippen LogP contribution in [0, 0.1) is 5.92 Å². The highest BCUT2D eigenvalue weighted by atomic mass is 31.1. The quantitative estimate of drug-likeness (QED) is 0.518. The maximum atomic E-state index is 2.34. The van der Waals surface area contributed by atoms with Gasteiger partial charge in [0.25, 0.3) is 0 Å². The highest BCUT2D eigenvalue weighted by Crippen LogP contribution is 2.23. The van der Waals surface area contributed by atoms with Crippen LogP contribution in [0.2, 0.25) is 0 Å². The minimum atomic E-state index is 0.883. The molecule has 0 aromatic rings. The molecule has 0 aromatic carbocycles. The molecular formula is C7H17P. The van der Waals surface area contributed by atoms with Crippen LogP contribution in [0.25, 0.3) is 0 Å². The van der Waals surface area contributed by atoms with E-state index in [0.29, 0.717) is 0 Å². The maximum absolute atomic E-state index is 2.34. The van der Waals surface area contributed by atoms with Crippen LogP contribution in [0.4, 0.5) is 0 Å². The summed E-state index contributed by atoms with van der Waals surface area (Å²) in [6, 6.07) is 0. The zero-order valence-corrected chi connectivity index (χ0v) is 7.36. The van der Waals surface area contributed by atoms with Gasteiger partial charge in [-0.05, 0) is 17.7 Å². The molecule has 0 aliphatic carbocycles. The molecule has 50 valence electrons. The first kappa shape index (κ1) is 8.43. The fourth-order valence-corrected chi connectivity index (χ4v) is 1.67. The first-order valence-electron chi connectivity index (χ1n) is 3.41. The lowest BCUT2D eigenvalue weighted by atomic mass is 10.2. The van der Waals surface area contributed by atoms with Gasteiger partial charge in [-0.1, -0.05) is 27.7 Å². The Bertz CT molecular complexity index is 50.3. The van der Waals surface area contributed by atoms with Gasteiger partial charge in [-0.25, -0.2) is 0 Å². The molecule has 2 unspecified atom stereocenters. The van der Waals surface area contributed by atoms with Gasteiger partial charge < -0.3 is 0 Å². The minimum Gasteiger partial charge on any atom is -0.119 e. The average Bonchev–Trinajstić information content (AvgIpc) is 1.67. The van der Waals surface area contributed by atoms with Gasteiger partial charge in [0.2, 0.25) is 0 Å². The van der Waals surface area contributed by atoms with E-state index >= 15 is 0 Å². The predicted molar refractivity (Wildman–Crippen MR) is 43.2 cm³/mol. The van der Waals surface area contributed by atoms with E-state index in [1.807, 2.05) is 0 Å². The minimum absolute atomic E-state index is 0.883. The summed E-state index contributed by atoms with van der Waals surface area (Å²) in [6.45, 7) is 9.20. The standard InChI is InChI=1S/C7H17P/c1-5-8-7(4)6(2)3/h6-8H,5H2,1-4H3. The van der Waals surface area contributed by atoms with Gasteiger partial charge in [0.05, 0.1) is 0 Å². The van der Waals surface area contributed by atoms with E-state index in [-0.39, 0.29) is 0 Å². The molecule has 0 saturated carbocycles. The molecule has 0 aliphatic rings. The SMILES string of the molecule is CCPC(C)C(C)C. The van der Waals surface area contributed by atoms with Gasteiger partial charge in [-0.2, -0.15) is 0 Å². The van der Waals surface area contributed by atoms with Crippen molar-refractivity contribution in [2.45, 2.75) is 33.4 Å². The summed E-state index contributed by atoms with van der Waals surface area (Å²) in [5, 5.41) is 0. The lowest BCUT2D eigenvalue weighted by Gasteiger charge is -2.13. The first-order valence-corrected chi connectivity index (χ1v) is 4.70. The van der Waals surface area contributed by atoms with Gasteiger partial charge in [-0.3, -0.25) is 0 Å². The lowest BCUT2D eigenvalue weighted by molar-refractivity contribution is 0.638. The highest BCUT2D eigenvalue weighted by molar-refractivity contribution is 7.38. The Labute approximate surface area is 54.8 Å². The molecule has 0 rings (SSSR count). The zero-order valence-electron chi connectivity index (χ0n) is 6.36. The van der Waals surface area contributed by atoms with Crippen LogP contribution in [-0.4, -0.2) is 11.8 Å². The van der Waals surface area contributed by atoms with E-state index in [0.717, 1.165) is 11.6 Å². The third-order valence-corrected chi connectivity index (χ3v) is 3.24. The first-order chi connectivity index (χ1) is 3.68. The van der Waals surface area contributed by atoms with Crippen molar-refractivity contribution >= 4 is 8.58 Å². The Hall–Kier alpha value is 0.430. The third-order valence-electron chi connectivity index (χ3n) is 1.53. The zero-order chi connectivity index (χ0) is 6.57. The van der Waals surface area contributed by atoms with Crippen LogP contribution in [0.5, 0.6) is 0 Å². The molecule has 0 saturated heterocycles. The molecule has 8 heavy (non-hydrogen) atoms. The van der Waals surface area contributed by atoms with E-state index in [1.165, 1.54) is 14.7 Å². The molecule has 0 aliphatic heterocycles. The molecule has 0 nitrogen and oxygen atoms in total. The summed E-state index contributed by atoms with van der Waals surface area (Å²) in [6.07, 6.45) is 1.36. The molecule has 2 atom stereocenters. The summed E-state index contributed by atoms with van der Waals surface area (Å²) < 4.78 is 0. The molecule has 0 N–H and O–H groups in total. The van der Waals surface area contributed by atoms with Crippen LogP contribution in [0.1, 0.15) is 27.7 Å². The van der Waals surface area contributed by atoms with Gasteiger partial charge in [0.15, 0.2) is 0 Å². The van der Waals surface area contributed by atoms with Crippen molar-refractivity contribution in [1.29, 1.82) is 0 Å². The Morgan fingerprint density at radius 3 is 1.88 bits per heavy atom. The maximum Gasteiger partial charge on any atom is -0.0242 e. The van der Waals surface area contributed by atoms with E-state index < -0.39 is 0 Å². The van der Waals surface area contributed by atoms with E-state index in [1.54, 1.807) is 0 Å². The second-order valence-corrected chi connectivity index (χ2v) is 4.62. The molecule has 0 fully saturated rings. The van der Waals surface area contributed by atoms with Gasteiger partial charge in [0.1, 0.15) is 0 Å². The summed E-state index contributed by atoms with van der Waals surface area (Å²) in [7, 11) is 1.17. The molecule has 0 bridgehead atoms. The van der Waals surface area contributed by atoms with Crippen molar-refractivity contribution in [2.75, 3.05) is 6.16 Å². The molecule has 0 radical (unpaired) electrons. The van der Waals surface area contributed by atoms with E-state index in [9.17, 15) is 0 Å².